The number of hydrogen-bond acceptors (Lipinski definition) is 6. The van der Waals surface area contributed by atoms with Crippen LogP contribution in [0.1, 0.15) is 24.4 Å². The number of rotatable bonds is 5. The van der Waals surface area contributed by atoms with E-state index in [2.05, 4.69) is 15.5 Å². The summed E-state index contributed by atoms with van der Waals surface area (Å²) in [6, 6.07) is 10.3. The van der Waals surface area contributed by atoms with E-state index in [0.29, 0.717) is 37.1 Å². The third kappa shape index (κ3) is 3.78. The molecule has 3 aromatic rings. The number of hydrogen-bond donors (Lipinski definition) is 2. The van der Waals surface area contributed by atoms with E-state index in [1.54, 1.807) is 33.4 Å². The van der Waals surface area contributed by atoms with Gasteiger partial charge in [-0.2, -0.15) is 0 Å². The van der Waals surface area contributed by atoms with Crippen LogP contribution in [-0.2, 0) is 13.1 Å². The second-order valence-electron chi connectivity index (χ2n) is 9.43. The molecule has 9 heteroatoms. The topological polar surface area (TPSA) is 80.5 Å². The summed E-state index contributed by atoms with van der Waals surface area (Å²) in [6.45, 7) is 4.81. The van der Waals surface area contributed by atoms with Crippen LogP contribution >= 0.6 is 0 Å². The highest BCUT2D eigenvalue weighted by Gasteiger charge is 2.29. The van der Waals surface area contributed by atoms with Gasteiger partial charge in [0.15, 0.2) is 0 Å². The van der Waals surface area contributed by atoms with Crippen molar-refractivity contribution >= 4 is 16.7 Å². The zero-order valence-corrected chi connectivity index (χ0v) is 18.9. The van der Waals surface area contributed by atoms with Crippen LogP contribution in [0.3, 0.4) is 0 Å². The van der Waals surface area contributed by atoms with Crippen molar-refractivity contribution in [1.82, 2.24) is 19.4 Å². The molecular weight excluding hydrogens is 437 g/mol. The summed E-state index contributed by atoms with van der Waals surface area (Å²) >= 11 is 0. The first kappa shape index (κ1) is 21.4. The third-order valence-electron chi connectivity index (χ3n) is 7.28. The first-order chi connectivity index (χ1) is 16.6. The van der Waals surface area contributed by atoms with Crippen molar-refractivity contribution < 1.29 is 9.13 Å². The SMILES string of the molecule is O=c1ccc2ccc(=O)n3c2n1CC3CN1CCC(NCc2cc3c(cc2F)OCCN3)CC1. The summed E-state index contributed by atoms with van der Waals surface area (Å²) in [5.41, 5.74) is 2.10. The monoisotopic (exact) mass is 465 g/mol. The zero-order valence-electron chi connectivity index (χ0n) is 18.9. The van der Waals surface area contributed by atoms with Gasteiger partial charge >= 0.3 is 0 Å². The maximum absolute atomic E-state index is 14.5. The highest BCUT2D eigenvalue weighted by molar-refractivity contribution is 5.76. The second kappa shape index (κ2) is 8.56. The molecule has 1 aromatic carbocycles. The molecule has 3 aliphatic heterocycles. The number of nitrogens with zero attached hydrogens (tertiary/aromatic N) is 3. The predicted octanol–water partition coefficient (Wildman–Crippen LogP) is 1.92. The lowest BCUT2D eigenvalue weighted by Crippen LogP contribution is -2.44. The normalized spacial score (nSPS) is 20.2. The number of ether oxygens (including phenoxy) is 1. The van der Waals surface area contributed by atoms with Gasteiger partial charge in [0.25, 0.3) is 11.1 Å². The van der Waals surface area contributed by atoms with E-state index >= 15 is 0 Å². The molecule has 2 aromatic heterocycles. The summed E-state index contributed by atoms with van der Waals surface area (Å²) in [4.78, 5) is 27.4. The second-order valence-corrected chi connectivity index (χ2v) is 9.43. The quantitative estimate of drug-likeness (QED) is 0.599. The lowest BCUT2D eigenvalue weighted by Gasteiger charge is -2.34. The summed E-state index contributed by atoms with van der Waals surface area (Å²) in [7, 11) is 0. The van der Waals surface area contributed by atoms with Crippen LogP contribution in [0.5, 0.6) is 5.75 Å². The van der Waals surface area contributed by atoms with Crippen molar-refractivity contribution in [3.05, 3.63) is 68.5 Å². The van der Waals surface area contributed by atoms with Crippen LogP contribution in [-0.4, -0.2) is 52.9 Å². The van der Waals surface area contributed by atoms with Gasteiger partial charge in [-0.3, -0.25) is 18.7 Å². The van der Waals surface area contributed by atoms with Crippen LogP contribution in [0, 0.1) is 5.82 Å². The highest BCUT2D eigenvalue weighted by atomic mass is 19.1. The maximum atomic E-state index is 14.5. The van der Waals surface area contributed by atoms with E-state index < -0.39 is 0 Å². The molecule has 0 aliphatic carbocycles. The van der Waals surface area contributed by atoms with E-state index in [4.69, 9.17) is 4.74 Å². The van der Waals surface area contributed by atoms with E-state index in [1.807, 2.05) is 6.07 Å². The fourth-order valence-electron chi connectivity index (χ4n) is 5.50. The molecule has 0 bridgehead atoms. The number of pyridine rings is 2. The molecule has 1 fully saturated rings. The van der Waals surface area contributed by atoms with Crippen LogP contribution < -0.4 is 26.5 Å². The zero-order chi connectivity index (χ0) is 23.2. The fraction of sp³-hybridized carbons (Fsp3) is 0.440. The van der Waals surface area contributed by atoms with Gasteiger partial charge in [0, 0.05) is 61.4 Å². The van der Waals surface area contributed by atoms with E-state index in [-0.39, 0.29) is 23.0 Å². The first-order valence-electron chi connectivity index (χ1n) is 12.0. The number of fused-ring (bicyclic) bond motifs is 1. The third-order valence-corrected chi connectivity index (χ3v) is 7.28. The maximum Gasteiger partial charge on any atom is 0.252 e. The van der Waals surface area contributed by atoms with E-state index in [1.165, 1.54) is 6.07 Å². The van der Waals surface area contributed by atoms with Gasteiger partial charge in [-0.15, -0.1) is 0 Å². The minimum atomic E-state index is -0.247. The number of nitrogens with one attached hydrogen (secondary N) is 2. The summed E-state index contributed by atoms with van der Waals surface area (Å²) < 4.78 is 23.5. The fourth-order valence-corrected chi connectivity index (χ4v) is 5.50. The standard InChI is InChI=1S/C25H28FN5O3/c26-20-12-22-21(27-7-10-34-22)11-17(20)13-28-18-5-8-29(9-6-18)14-19-15-30-23(32)3-1-16-2-4-24(33)31(19)25(16)30/h1-4,11-12,18-19,27-28H,5-10,13-15H2. The molecule has 0 amide bonds. The number of piperidine rings is 1. The lowest BCUT2D eigenvalue weighted by atomic mass is 10.0. The van der Waals surface area contributed by atoms with Gasteiger partial charge in [0.2, 0.25) is 0 Å². The Bertz CT molecular complexity index is 1350. The summed E-state index contributed by atoms with van der Waals surface area (Å²) in [5, 5.41) is 7.69. The Morgan fingerprint density at radius 3 is 2.71 bits per heavy atom. The molecule has 6 rings (SSSR count). The Kier molecular flexibility index (Phi) is 5.38. The van der Waals surface area contributed by atoms with Crippen molar-refractivity contribution in [3.8, 4) is 5.75 Å². The van der Waals surface area contributed by atoms with Crippen molar-refractivity contribution in [2.45, 2.75) is 38.0 Å². The molecule has 5 heterocycles. The molecule has 8 nitrogen and oxygen atoms in total. The van der Waals surface area contributed by atoms with E-state index in [9.17, 15) is 14.0 Å². The Hall–Kier alpha value is -3.17. The first-order valence-corrected chi connectivity index (χ1v) is 12.0. The van der Waals surface area contributed by atoms with Gasteiger partial charge in [0.1, 0.15) is 23.8 Å². The number of benzene rings is 1. The van der Waals surface area contributed by atoms with Crippen LogP contribution in [0.15, 0.2) is 46.0 Å². The smallest absolute Gasteiger partial charge is 0.252 e. The molecule has 1 atom stereocenters. The average molecular weight is 466 g/mol. The number of anilines is 1. The van der Waals surface area contributed by atoms with Crippen molar-refractivity contribution in [1.29, 1.82) is 0 Å². The minimum Gasteiger partial charge on any atom is -0.489 e. The van der Waals surface area contributed by atoms with Crippen LogP contribution in [0.4, 0.5) is 10.1 Å². The van der Waals surface area contributed by atoms with Gasteiger partial charge < -0.3 is 20.3 Å². The van der Waals surface area contributed by atoms with Crippen molar-refractivity contribution in [3.63, 3.8) is 0 Å². The average Bonchev–Trinajstić information content (AvgIpc) is 3.23. The molecule has 34 heavy (non-hydrogen) atoms. The van der Waals surface area contributed by atoms with Gasteiger partial charge in [0.05, 0.1) is 11.7 Å². The Morgan fingerprint density at radius 2 is 1.88 bits per heavy atom. The predicted molar refractivity (Wildman–Crippen MR) is 128 cm³/mol. The van der Waals surface area contributed by atoms with Crippen molar-refractivity contribution in [2.75, 3.05) is 38.1 Å². The Morgan fingerprint density at radius 1 is 1.09 bits per heavy atom. The van der Waals surface area contributed by atoms with Gasteiger partial charge in [-0.1, -0.05) is 0 Å². The van der Waals surface area contributed by atoms with Gasteiger partial charge in [-0.05, 0) is 44.1 Å². The Balaban J connectivity index is 1.07. The molecule has 0 spiro atoms. The van der Waals surface area contributed by atoms with Crippen LogP contribution in [0.2, 0.25) is 0 Å². The Labute approximate surface area is 195 Å². The molecule has 2 N–H and O–H groups in total. The number of aromatic nitrogens is 2. The van der Waals surface area contributed by atoms with Crippen LogP contribution in [0.25, 0.3) is 11.0 Å². The summed E-state index contributed by atoms with van der Waals surface area (Å²) in [5.74, 6) is 0.329. The molecule has 3 aliphatic rings. The molecular formula is C25H28FN5O3. The number of halogens is 1. The van der Waals surface area contributed by atoms with E-state index in [0.717, 1.165) is 55.7 Å². The molecule has 1 unspecified atom stereocenters. The van der Waals surface area contributed by atoms with Gasteiger partial charge in [-0.25, -0.2) is 4.39 Å². The lowest BCUT2D eigenvalue weighted by molar-refractivity contribution is 0.171. The molecule has 1 saturated heterocycles. The highest BCUT2D eigenvalue weighted by Crippen LogP contribution is 2.30. The van der Waals surface area contributed by atoms with Crippen molar-refractivity contribution in [2.24, 2.45) is 0 Å². The minimum absolute atomic E-state index is 0.0462. The largest absolute Gasteiger partial charge is 0.489 e. The molecule has 0 radical (unpaired) electrons. The number of likely N-dealkylation sites (tertiary alicyclic amines) is 1. The molecule has 178 valence electrons. The summed E-state index contributed by atoms with van der Waals surface area (Å²) in [6.07, 6.45) is 1.90. The molecule has 0 saturated carbocycles.